The van der Waals surface area contributed by atoms with Crippen molar-refractivity contribution in [2.45, 2.75) is 6.61 Å². The molecule has 0 radical (unpaired) electrons. The van der Waals surface area contributed by atoms with Crippen LogP contribution >= 0.6 is 0 Å². The number of hydrogen-bond donors (Lipinski definition) is 1. The standard InChI is InChI=1S/C15H12O5/c16-13-8-12(19-10-14(13)17)9-20-15(18)7-6-11-4-2-1-3-5-11/h1-8,10,17H,9H2. The van der Waals surface area contributed by atoms with E-state index in [1.807, 2.05) is 30.3 Å². The van der Waals surface area contributed by atoms with E-state index in [-0.39, 0.29) is 12.4 Å². The molecule has 0 spiro atoms. The summed E-state index contributed by atoms with van der Waals surface area (Å²) in [6, 6.07) is 10.4. The number of aromatic hydroxyl groups is 1. The van der Waals surface area contributed by atoms with Gasteiger partial charge in [0.15, 0.2) is 5.75 Å². The van der Waals surface area contributed by atoms with E-state index in [2.05, 4.69) is 0 Å². The zero-order valence-electron chi connectivity index (χ0n) is 10.5. The Hall–Kier alpha value is -2.82. The molecule has 0 aliphatic carbocycles. The van der Waals surface area contributed by atoms with Crippen LogP contribution in [0.2, 0.25) is 0 Å². The van der Waals surface area contributed by atoms with Crippen LogP contribution in [0.1, 0.15) is 11.3 Å². The van der Waals surface area contributed by atoms with Crippen LogP contribution in [-0.4, -0.2) is 11.1 Å². The van der Waals surface area contributed by atoms with Gasteiger partial charge in [-0.25, -0.2) is 4.79 Å². The largest absolute Gasteiger partial charge is 0.502 e. The van der Waals surface area contributed by atoms with Crippen LogP contribution in [-0.2, 0) is 16.1 Å². The summed E-state index contributed by atoms with van der Waals surface area (Å²) in [5, 5.41) is 9.01. The Morgan fingerprint density at radius 1 is 1.30 bits per heavy atom. The minimum atomic E-state index is -0.581. The van der Waals surface area contributed by atoms with Gasteiger partial charge in [-0.1, -0.05) is 30.3 Å². The first-order valence-corrected chi connectivity index (χ1v) is 5.86. The van der Waals surface area contributed by atoms with Crippen LogP contribution in [0.5, 0.6) is 5.75 Å². The highest BCUT2D eigenvalue weighted by Gasteiger charge is 2.04. The topological polar surface area (TPSA) is 76.7 Å². The Kier molecular flexibility index (Phi) is 4.34. The van der Waals surface area contributed by atoms with Crippen LogP contribution in [0.4, 0.5) is 0 Å². The molecule has 0 amide bonds. The predicted molar refractivity (Wildman–Crippen MR) is 71.9 cm³/mol. The second-order valence-corrected chi connectivity index (χ2v) is 3.95. The van der Waals surface area contributed by atoms with Gasteiger partial charge in [-0.2, -0.15) is 0 Å². The molecule has 1 heterocycles. The van der Waals surface area contributed by atoms with Crippen molar-refractivity contribution in [1.29, 1.82) is 0 Å². The van der Waals surface area contributed by atoms with Crippen molar-refractivity contribution in [2.24, 2.45) is 0 Å². The third-order valence-electron chi connectivity index (χ3n) is 2.43. The Morgan fingerprint density at radius 2 is 2.05 bits per heavy atom. The van der Waals surface area contributed by atoms with Gasteiger partial charge in [-0.3, -0.25) is 4.79 Å². The van der Waals surface area contributed by atoms with Gasteiger partial charge < -0.3 is 14.3 Å². The van der Waals surface area contributed by atoms with Crippen molar-refractivity contribution in [3.8, 4) is 5.75 Å². The number of esters is 1. The second-order valence-electron chi connectivity index (χ2n) is 3.95. The average molecular weight is 272 g/mol. The SMILES string of the molecule is O=C(C=Cc1ccccc1)OCc1cc(=O)c(O)co1. The van der Waals surface area contributed by atoms with Crippen LogP contribution in [0.15, 0.2) is 57.9 Å². The molecule has 1 aromatic carbocycles. The molecule has 0 saturated carbocycles. The van der Waals surface area contributed by atoms with Crippen molar-refractivity contribution < 1.29 is 19.1 Å². The molecule has 0 aliphatic heterocycles. The highest BCUT2D eigenvalue weighted by Crippen LogP contribution is 2.06. The van der Waals surface area contributed by atoms with E-state index < -0.39 is 17.1 Å². The lowest BCUT2D eigenvalue weighted by atomic mass is 10.2. The third kappa shape index (κ3) is 3.84. The molecule has 0 unspecified atom stereocenters. The molecule has 1 N–H and O–H groups in total. The molecule has 0 atom stereocenters. The van der Waals surface area contributed by atoms with Gasteiger partial charge in [-0.05, 0) is 11.6 Å². The van der Waals surface area contributed by atoms with E-state index in [0.29, 0.717) is 0 Å². The molecular weight excluding hydrogens is 260 g/mol. The lowest BCUT2D eigenvalue weighted by Gasteiger charge is -2.01. The molecule has 2 rings (SSSR count). The molecule has 5 heteroatoms. The average Bonchev–Trinajstić information content (AvgIpc) is 2.47. The zero-order chi connectivity index (χ0) is 14.4. The van der Waals surface area contributed by atoms with Gasteiger partial charge in [0.25, 0.3) is 0 Å². The van der Waals surface area contributed by atoms with Crippen molar-refractivity contribution in [3.05, 3.63) is 70.3 Å². The second kappa shape index (κ2) is 6.38. The molecule has 20 heavy (non-hydrogen) atoms. The minimum absolute atomic E-state index is 0.161. The van der Waals surface area contributed by atoms with Crippen LogP contribution in [0.3, 0.4) is 0 Å². The lowest BCUT2D eigenvalue weighted by Crippen LogP contribution is -2.04. The summed E-state index contributed by atoms with van der Waals surface area (Å²) in [6.07, 6.45) is 3.81. The first kappa shape index (κ1) is 13.6. The number of carbonyl (C=O) groups is 1. The normalized spacial score (nSPS) is 10.6. The molecule has 5 nitrogen and oxygen atoms in total. The maximum Gasteiger partial charge on any atom is 0.331 e. The zero-order valence-corrected chi connectivity index (χ0v) is 10.5. The van der Waals surface area contributed by atoms with E-state index in [1.54, 1.807) is 6.08 Å². The molecule has 102 valence electrons. The first-order chi connectivity index (χ1) is 9.65. The minimum Gasteiger partial charge on any atom is -0.502 e. The maximum atomic E-state index is 11.5. The molecular formula is C15H12O5. The number of rotatable bonds is 4. The molecule has 0 fully saturated rings. The summed E-state index contributed by atoms with van der Waals surface area (Å²) in [4.78, 5) is 22.6. The Balaban J connectivity index is 1.90. The van der Waals surface area contributed by atoms with E-state index in [4.69, 9.17) is 14.3 Å². The molecule has 0 bridgehead atoms. The van der Waals surface area contributed by atoms with E-state index >= 15 is 0 Å². The van der Waals surface area contributed by atoms with Crippen LogP contribution in [0, 0.1) is 0 Å². The fourth-order valence-electron chi connectivity index (χ4n) is 1.44. The summed E-state index contributed by atoms with van der Waals surface area (Å²) in [7, 11) is 0. The summed E-state index contributed by atoms with van der Waals surface area (Å²) in [6.45, 7) is -0.173. The third-order valence-corrected chi connectivity index (χ3v) is 2.43. The van der Waals surface area contributed by atoms with Crippen molar-refractivity contribution in [1.82, 2.24) is 0 Å². The molecule has 0 saturated heterocycles. The molecule has 1 aromatic heterocycles. The summed E-state index contributed by atoms with van der Waals surface area (Å²) in [5.41, 5.74) is 0.294. The van der Waals surface area contributed by atoms with Gasteiger partial charge in [0.1, 0.15) is 18.6 Å². The monoisotopic (exact) mass is 272 g/mol. The predicted octanol–water partition coefficient (Wildman–Crippen LogP) is 2.10. The summed E-state index contributed by atoms with van der Waals surface area (Å²) < 4.78 is 9.81. The van der Waals surface area contributed by atoms with Crippen molar-refractivity contribution in [2.75, 3.05) is 0 Å². The van der Waals surface area contributed by atoms with Gasteiger partial charge >= 0.3 is 5.97 Å². The number of hydrogen-bond acceptors (Lipinski definition) is 5. The Labute approximate surface area is 114 Å². The van der Waals surface area contributed by atoms with Crippen LogP contribution in [0.25, 0.3) is 6.08 Å². The number of ether oxygens (including phenoxy) is 1. The van der Waals surface area contributed by atoms with Gasteiger partial charge in [0.2, 0.25) is 5.43 Å². The Morgan fingerprint density at radius 3 is 2.75 bits per heavy atom. The maximum absolute atomic E-state index is 11.5. The highest BCUT2D eigenvalue weighted by molar-refractivity contribution is 5.86. The first-order valence-electron chi connectivity index (χ1n) is 5.86. The van der Waals surface area contributed by atoms with Crippen molar-refractivity contribution >= 4 is 12.0 Å². The summed E-state index contributed by atoms with van der Waals surface area (Å²) >= 11 is 0. The summed E-state index contributed by atoms with van der Waals surface area (Å²) in [5.74, 6) is -0.872. The quantitative estimate of drug-likeness (QED) is 0.681. The highest BCUT2D eigenvalue weighted by atomic mass is 16.5. The lowest BCUT2D eigenvalue weighted by molar-refractivity contribution is -0.139. The molecule has 0 aliphatic rings. The Bertz CT molecular complexity index is 670. The number of carbonyl (C=O) groups excluding carboxylic acids is 1. The van der Waals surface area contributed by atoms with Gasteiger partial charge in [0.05, 0.1) is 0 Å². The van der Waals surface area contributed by atoms with E-state index in [1.165, 1.54) is 6.08 Å². The smallest absolute Gasteiger partial charge is 0.331 e. The fourth-order valence-corrected chi connectivity index (χ4v) is 1.44. The van der Waals surface area contributed by atoms with E-state index in [9.17, 15) is 9.59 Å². The van der Waals surface area contributed by atoms with Crippen LogP contribution < -0.4 is 5.43 Å². The fraction of sp³-hybridized carbons (Fsp3) is 0.0667. The molecule has 2 aromatic rings. The van der Waals surface area contributed by atoms with Gasteiger partial charge in [-0.15, -0.1) is 0 Å². The van der Waals surface area contributed by atoms with Gasteiger partial charge in [0, 0.05) is 12.1 Å². The van der Waals surface area contributed by atoms with Crippen molar-refractivity contribution in [3.63, 3.8) is 0 Å². The van der Waals surface area contributed by atoms with E-state index in [0.717, 1.165) is 17.9 Å². The number of benzene rings is 1.